The van der Waals surface area contributed by atoms with Crippen molar-refractivity contribution in [2.75, 3.05) is 13.1 Å². The van der Waals surface area contributed by atoms with Crippen molar-refractivity contribution >= 4 is 11.8 Å². The van der Waals surface area contributed by atoms with Gasteiger partial charge in [-0.1, -0.05) is 5.16 Å². The molecule has 2 aromatic heterocycles. The lowest BCUT2D eigenvalue weighted by Gasteiger charge is -2.16. The Balaban J connectivity index is 1.57. The number of aryl methyl sites for hydroxylation is 1. The SMILES string of the molecule is CC(=O)NCc1cc(OC2CCN(C(=O)c3cc(C)on3)C2)ccn1. The van der Waals surface area contributed by atoms with Crippen LogP contribution in [0.4, 0.5) is 0 Å². The molecule has 8 nitrogen and oxygen atoms in total. The summed E-state index contributed by atoms with van der Waals surface area (Å²) in [6, 6.07) is 5.19. The van der Waals surface area contributed by atoms with Gasteiger partial charge in [0.2, 0.25) is 5.91 Å². The normalized spacial score (nSPS) is 16.7. The highest BCUT2D eigenvalue weighted by molar-refractivity contribution is 5.92. The second kappa shape index (κ2) is 7.33. The molecule has 3 heterocycles. The van der Waals surface area contributed by atoms with Crippen molar-refractivity contribution < 1.29 is 18.8 Å². The summed E-state index contributed by atoms with van der Waals surface area (Å²) in [6.07, 6.45) is 2.29. The zero-order valence-corrected chi connectivity index (χ0v) is 14.2. The Labute approximate surface area is 145 Å². The largest absolute Gasteiger partial charge is 0.488 e. The molecule has 2 amide bonds. The highest BCUT2D eigenvalue weighted by atomic mass is 16.5. The van der Waals surface area contributed by atoms with Crippen LogP contribution in [0.5, 0.6) is 5.75 Å². The maximum atomic E-state index is 12.4. The molecule has 25 heavy (non-hydrogen) atoms. The molecule has 1 unspecified atom stereocenters. The van der Waals surface area contributed by atoms with Crippen molar-refractivity contribution in [3.05, 3.63) is 41.5 Å². The molecule has 1 aliphatic heterocycles. The van der Waals surface area contributed by atoms with Crippen molar-refractivity contribution in [2.45, 2.75) is 32.9 Å². The standard InChI is InChI=1S/C17H20N4O4/c1-11-7-16(20-25-11)17(23)21-6-4-15(10-21)24-14-3-5-18-13(8-14)9-19-12(2)22/h3,5,7-8,15H,4,6,9-10H2,1-2H3,(H,19,22). The van der Waals surface area contributed by atoms with Crippen molar-refractivity contribution in [2.24, 2.45) is 0 Å². The van der Waals surface area contributed by atoms with E-state index in [9.17, 15) is 9.59 Å². The summed E-state index contributed by atoms with van der Waals surface area (Å²) in [4.78, 5) is 29.2. The lowest BCUT2D eigenvalue weighted by Crippen LogP contribution is -2.31. The number of amides is 2. The lowest BCUT2D eigenvalue weighted by atomic mass is 10.3. The molecule has 1 aliphatic rings. The second-order valence-electron chi connectivity index (χ2n) is 6.00. The molecule has 3 rings (SSSR count). The van der Waals surface area contributed by atoms with E-state index in [-0.39, 0.29) is 17.9 Å². The molecule has 1 atom stereocenters. The summed E-state index contributed by atoms with van der Waals surface area (Å²) < 4.78 is 10.9. The summed E-state index contributed by atoms with van der Waals surface area (Å²) in [5.74, 6) is 1.02. The first kappa shape index (κ1) is 16.9. The minimum absolute atomic E-state index is 0.0898. The van der Waals surface area contributed by atoms with Crippen molar-refractivity contribution in [1.29, 1.82) is 0 Å². The van der Waals surface area contributed by atoms with E-state index in [0.717, 1.165) is 12.1 Å². The van der Waals surface area contributed by atoms with Crippen LogP contribution in [0.2, 0.25) is 0 Å². The van der Waals surface area contributed by atoms with Crippen LogP contribution in [0.1, 0.15) is 35.3 Å². The Morgan fingerprint density at radius 2 is 2.28 bits per heavy atom. The molecule has 0 aliphatic carbocycles. The minimum Gasteiger partial charge on any atom is -0.488 e. The number of nitrogens with one attached hydrogen (secondary N) is 1. The first-order valence-corrected chi connectivity index (χ1v) is 8.10. The van der Waals surface area contributed by atoms with Gasteiger partial charge in [-0.05, 0) is 13.0 Å². The molecule has 0 spiro atoms. The van der Waals surface area contributed by atoms with E-state index < -0.39 is 0 Å². The Kier molecular flexibility index (Phi) is 4.97. The summed E-state index contributed by atoms with van der Waals surface area (Å²) in [7, 11) is 0. The average Bonchev–Trinajstić information content (AvgIpc) is 3.22. The van der Waals surface area contributed by atoms with Crippen molar-refractivity contribution in [1.82, 2.24) is 20.4 Å². The highest BCUT2D eigenvalue weighted by Crippen LogP contribution is 2.20. The summed E-state index contributed by atoms with van der Waals surface area (Å²) in [6.45, 7) is 4.67. The Morgan fingerprint density at radius 3 is 3.00 bits per heavy atom. The quantitative estimate of drug-likeness (QED) is 0.878. The van der Waals surface area contributed by atoms with Gasteiger partial charge in [0.15, 0.2) is 5.69 Å². The van der Waals surface area contributed by atoms with Gasteiger partial charge >= 0.3 is 0 Å². The molecule has 8 heteroatoms. The molecule has 1 N–H and O–H groups in total. The van der Waals surface area contributed by atoms with Gasteiger partial charge in [0, 0.05) is 38.2 Å². The van der Waals surface area contributed by atoms with Crippen LogP contribution >= 0.6 is 0 Å². The van der Waals surface area contributed by atoms with E-state index in [2.05, 4.69) is 15.5 Å². The number of carbonyl (C=O) groups excluding carboxylic acids is 2. The van der Waals surface area contributed by atoms with Crippen LogP contribution in [-0.2, 0) is 11.3 Å². The fraction of sp³-hybridized carbons (Fsp3) is 0.412. The predicted molar refractivity (Wildman–Crippen MR) is 87.9 cm³/mol. The van der Waals surface area contributed by atoms with Crippen LogP contribution in [0.15, 0.2) is 28.9 Å². The summed E-state index contributed by atoms with van der Waals surface area (Å²) in [5, 5.41) is 6.46. The summed E-state index contributed by atoms with van der Waals surface area (Å²) in [5.41, 5.74) is 1.04. The van der Waals surface area contributed by atoms with E-state index in [1.54, 1.807) is 36.2 Å². The first-order valence-electron chi connectivity index (χ1n) is 8.10. The van der Waals surface area contributed by atoms with Gasteiger partial charge in [0.25, 0.3) is 5.91 Å². The third kappa shape index (κ3) is 4.34. The zero-order chi connectivity index (χ0) is 17.8. The number of likely N-dealkylation sites (tertiary alicyclic amines) is 1. The van der Waals surface area contributed by atoms with Gasteiger partial charge in [-0.3, -0.25) is 14.6 Å². The molecule has 132 valence electrons. The van der Waals surface area contributed by atoms with Gasteiger partial charge < -0.3 is 19.5 Å². The molecule has 0 bridgehead atoms. The summed E-state index contributed by atoms with van der Waals surface area (Å²) >= 11 is 0. The fourth-order valence-corrected chi connectivity index (χ4v) is 2.67. The van der Waals surface area contributed by atoms with E-state index in [4.69, 9.17) is 9.26 Å². The van der Waals surface area contributed by atoms with Gasteiger partial charge in [-0.2, -0.15) is 0 Å². The number of pyridine rings is 1. The minimum atomic E-state index is -0.149. The molecular formula is C17H20N4O4. The van der Waals surface area contributed by atoms with Crippen LogP contribution < -0.4 is 10.1 Å². The molecule has 1 saturated heterocycles. The van der Waals surface area contributed by atoms with Crippen LogP contribution in [0.3, 0.4) is 0 Å². The number of nitrogens with zero attached hydrogens (tertiary/aromatic N) is 3. The number of hydrogen-bond acceptors (Lipinski definition) is 6. The number of ether oxygens (including phenoxy) is 1. The van der Waals surface area contributed by atoms with Crippen LogP contribution in [0.25, 0.3) is 0 Å². The van der Waals surface area contributed by atoms with Crippen molar-refractivity contribution in [3.8, 4) is 5.75 Å². The second-order valence-corrected chi connectivity index (χ2v) is 6.00. The number of hydrogen-bond donors (Lipinski definition) is 1. The maximum Gasteiger partial charge on any atom is 0.276 e. The van der Waals surface area contributed by atoms with Gasteiger partial charge in [-0.25, -0.2) is 0 Å². The Bertz CT molecular complexity index is 774. The van der Waals surface area contributed by atoms with Crippen LogP contribution in [-0.4, -0.2) is 46.0 Å². The highest BCUT2D eigenvalue weighted by Gasteiger charge is 2.29. The third-order valence-electron chi connectivity index (χ3n) is 3.89. The number of rotatable bonds is 5. The molecule has 2 aromatic rings. The number of carbonyl (C=O) groups is 2. The molecule has 0 saturated carbocycles. The van der Waals surface area contributed by atoms with Gasteiger partial charge in [0.05, 0.1) is 18.8 Å². The average molecular weight is 344 g/mol. The third-order valence-corrected chi connectivity index (χ3v) is 3.89. The van der Waals surface area contributed by atoms with Crippen molar-refractivity contribution in [3.63, 3.8) is 0 Å². The van der Waals surface area contributed by atoms with E-state index in [1.807, 2.05) is 0 Å². The number of aromatic nitrogens is 2. The monoisotopic (exact) mass is 344 g/mol. The molecular weight excluding hydrogens is 324 g/mol. The van der Waals surface area contributed by atoms with E-state index >= 15 is 0 Å². The Morgan fingerprint density at radius 1 is 1.44 bits per heavy atom. The predicted octanol–water partition coefficient (Wildman–Crippen LogP) is 1.31. The zero-order valence-electron chi connectivity index (χ0n) is 14.2. The Hall–Kier alpha value is -2.90. The molecule has 0 aromatic carbocycles. The molecule has 0 radical (unpaired) electrons. The fourth-order valence-electron chi connectivity index (χ4n) is 2.67. The smallest absolute Gasteiger partial charge is 0.276 e. The maximum absolute atomic E-state index is 12.4. The van der Waals surface area contributed by atoms with E-state index in [0.29, 0.717) is 36.8 Å². The van der Waals surface area contributed by atoms with E-state index in [1.165, 1.54) is 6.92 Å². The topological polar surface area (TPSA) is 97.6 Å². The van der Waals surface area contributed by atoms with Gasteiger partial charge in [-0.15, -0.1) is 0 Å². The lowest BCUT2D eigenvalue weighted by molar-refractivity contribution is -0.119. The van der Waals surface area contributed by atoms with Gasteiger partial charge in [0.1, 0.15) is 17.6 Å². The first-order chi connectivity index (χ1) is 12.0. The molecule has 1 fully saturated rings. The van der Waals surface area contributed by atoms with Crippen LogP contribution in [0, 0.1) is 6.92 Å².